The number of hydrogen-bond donors (Lipinski definition) is 1. The van der Waals surface area contributed by atoms with E-state index in [1.807, 2.05) is 0 Å². The summed E-state index contributed by atoms with van der Waals surface area (Å²) >= 11 is 0.966. The highest BCUT2D eigenvalue weighted by Gasteiger charge is 2.54. The van der Waals surface area contributed by atoms with Crippen LogP contribution in [0.4, 0.5) is 14.2 Å². The first-order valence-electron chi connectivity index (χ1n) is 13.1. The van der Waals surface area contributed by atoms with E-state index in [1.165, 1.54) is 49.6 Å². The van der Waals surface area contributed by atoms with Gasteiger partial charge in [0.25, 0.3) is 10.0 Å². The molecule has 1 atom stereocenters. The van der Waals surface area contributed by atoms with Crippen molar-refractivity contribution in [2.45, 2.75) is 56.3 Å². The molecule has 226 valence electrons. The summed E-state index contributed by atoms with van der Waals surface area (Å²) in [5, 5.41) is 10.0. The van der Waals surface area contributed by atoms with Gasteiger partial charge in [0.1, 0.15) is 33.8 Å². The predicted octanol–water partition coefficient (Wildman–Crippen LogP) is 4.59. The molecule has 12 nitrogen and oxygen atoms in total. The van der Waals surface area contributed by atoms with Crippen molar-refractivity contribution in [2.75, 3.05) is 31.8 Å². The van der Waals surface area contributed by atoms with Crippen LogP contribution in [-0.4, -0.2) is 73.3 Å². The molecule has 0 bridgehead atoms. The number of ether oxygens (including phenoxy) is 3. The van der Waals surface area contributed by atoms with Gasteiger partial charge in [0.15, 0.2) is 5.54 Å². The zero-order valence-corrected chi connectivity index (χ0v) is 25.0. The van der Waals surface area contributed by atoms with Gasteiger partial charge in [0.05, 0.1) is 30.8 Å². The monoisotopic (exact) mass is 623 g/mol. The molecule has 2 aliphatic heterocycles. The molecular formula is C27H30FN3O9S2. The summed E-state index contributed by atoms with van der Waals surface area (Å²) in [5.74, 6) is -1.64. The van der Waals surface area contributed by atoms with Crippen LogP contribution in [-0.2, 0) is 24.3 Å². The number of nitrogens with zero attached hydrogens (tertiary/aromatic N) is 3. The zero-order valence-electron chi connectivity index (χ0n) is 23.3. The number of oxazole rings is 1. The first-order valence-corrected chi connectivity index (χ1v) is 15.3. The average Bonchev–Trinajstić information content (AvgIpc) is 3.59. The molecule has 2 amide bonds. The Kier molecular flexibility index (Phi) is 8.04. The number of carbonyl (C=O) groups excluding carboxylic acids is 1. The van der Waals surface area contributed by atoms with E-state index >= 15 is 0 Å². The van der Waals surface area contributed by atoms with Crippen LogP contribution in [0.25, 0.3) is 10.8 Å². The summed E-state index contributed by atoms with van der Waals surface area (Å²) in [5.41, 5.74) is -1.61. The number of fused-ring (bicyclic) bond motifs is 1. The molecule has 42 heavy (non-hydrogen) atoms. The molecule has 15 heteroatoms. The standard InChI is InChI=1S/C27H30FN3O9S2/c1-15-21(23-29-9-12-39-23)41-24-22(15)42(35,36)31(27(2,3)25(32)33)26(34)30(24)14-20(40-17-7-10-38-11-8-17)18-13-16(28)5-6-19(18)37-4/h5-6,9,12-13,17,20H,7-8,10-11,14H2,1-4H3,(H,32,33). The molecule has 1 fully saturated rings. The SMILES string of the molecule is COc1ccc(F)cc1C(CN1C(=O)N(C(C)(C)C(=O)O)S(=O)(=O)c2c1sc(-c1ncco1)c2C)OC1CCOCC1. The normalized spacial score (nSPS) is 18.2. The van der Waals surface area contributed by atoms with Crippen molar-refractivity contribution >= 4 is 38.4 Å². The summed E-state index contributed by atoms with van der Waals surface area (Å²) in [6.45, 7) is 4.43. The first kappa shape index (κ1) is 29.9. The zero-order chi connectivity index (χ0) is 30.4. The highest BCUT2D eigenvalue weighted by atomic mass is 32.2. The van der Waals surface area contributed by atoms with Gasteiger partial charge in [-0.3, -0.25) is 4.90 Å². The van der Waals surface area contributed by atoms with Gasteiger partial charge in [-0.15, -0.1) is 11.3 Å². The molecule has 0 aliphatic carbocycles. The number of methoxy groups -OCH3 is 1. The second-order valence-corrected chi connectivity index (χ2v) is 13.1. The number of amides is 2. The van der Waals surface area contributed by atoms with Gasteiger partial charge in [0, 0.05) is 18.8 Å². The molecule has 1 unspecified atom stereocenters. The molecule has 1 aromatic carbocycles. The van der Waals surface area contributed by atoms with Crippen molar-refractivity contribution in [3.8, 4) is 16.5 Å². The lowest BCUT2D eigenvalue weighted by Gasteiger charge is -2.42. The van der Waals surface area contributed by atoms with Crippen molar-refractivity contribution in [1.29, 1.82) is 0 Å². The van der Waals surface area contributed by atoms with Crippen LogP contribution in [0, 0.1) is 12.7 Å². The molecule has 5 rings (SSSR count). The smallest absolute Gasteiger partial charge is 0.340 e. The number of carboxylic acid groups (broad SMARTS) is 1. The van der Waals surface area contributed by atoms with E-state index in [2.05, 4.69) is 4.98 Å². The van der Waals surface area contributed by atoms with E-state index in [0.29, 0.717) is 46.6 Å². The second-order valence-electron chi connectivity index (χ2n) is 10.4. The number of sulfonamides is 1. The Morgan fingerprint density at radius 2 is 2.02 bits per heavy atom. The third-order valence-corrected chi connectivity index (χ3v) is 10.8. The fourth-order valence-electron chi connectivity index (χ4n) is 5.06. The number of carboxylic acids is 1. The minimum atomic E-state index is -4.66. The third-order valence-electron chi connectivity index (χ3n) is 7.29. The molecule has 4 heterocycles. The lowest BCUT2D eigenvalue weighted by Crippen LogP contribution is -2.62. The van der Waals surface area contributed by atoms with Gasteiger partial charge in [-0.25, -0.2) is 27.4 Å². The highest BCUT2D eigenvalue weighted by Crippen LogP contribution is 2.50. The first-order chi connectivity index (χ1) is 19.9. The number of carbonyl (C=O) groups is 2. The predicted molar refractivity (Wildman–Crippen MR) is 149 cm³/mol. The van der Waals surface area contributed by atoms with Gasteiger partial charge in [-0.2, -0.15) is 4.31 Å². The summed E-state index contributed by atoms with van der Waals surface area (Å²) in [6, 6.07) is 2.82. The minimum Gasteiger partial charge on any atom is -0.496 e. The number of urea groups is 1. The maximum atomic E-state index is 14.6. The Labute approximate surface area is 245 Å². The number of thiophene rings is 1. The lowest BCUT2D eigenvalue weighted by atomic mass is 10.0. The maximum Gasteiger partial charge on any atom is 0.340 e. The number of halogens is 1. The minimum absolute atomic E-state index is 0.0408. The molecule has 0 spiro atoms. The second kappa shape index (κ2) is 11.3. The largest absolute Gasteiger partial charge is 0.496 e. The quantitative estimate of drug-likeness (QED) is 0.359. The Morgan fingerprint density at radius 3 is 2.64 bits per heavy atom. The van der Waals surface area contributed by atoms with Gasteiger partial charge in [-0.05, 0) is 57.4 Å². The van der Waals surface area contributed by atoms with Crippen molar-refractivity contribution in [3.63, 3.8) is 0 Å². The topological polar surface area (TPSA) is 149 Å². The molecule has 0 radical (unpaired) electrons. The fraction of sp³-hybridized carbons (Fsp3) is 0.444. The van der Waals surface area contributed by atoms with Crippen molar-refractivity contribution in [2.24, 2.45) is 0 Å². The Morgan fingerprint density at radius 1 is 1.31 bits per heavy atom. The Balaban J connectivity index is 1.69. The van der Waals surface area contributed by atoms with Gasteiger partial charge < -0.3 is 23.7 Å². The molecule has 1 saturated heterocycles. The number of rotatable bonds is 9. The van der Waals surface area contributed by atoms with E-state index in [0.717, 1.165) is 25.2 Å². The van der Waals surface area contributed by atoms with E-state index in [4.69, 9.17) is 18.6 Å². The molecular weight excluding hydrogens is 593 g/mol. The van der Waals surface area contributed by atoms with Crippen LogP contribution in [0.5, 0.6) is 5.75 Å². The van der Waals surface area contributed by atoms with Crippen LogP contribution in [0.1, 0.15) is 43.9 Å². The van der Waals surface area contributed by atoms with Gasteiger partial charge in [-0.1, -0.05) is 0 Å². The number of hydrogen-bond acceptors (Lipinski definition) is 10. The average molecular weight is 624 g/mol. The lowest BCUT2D eigenvalue weighted by molar-refractivity contribution is -0.145. The number of anilines is 1. The summed E-state index contributed by atoms with van der Waals surface area (Å²) in [7, 11) is -3.24. The van der Waals surface area contributed by atoms with Crippen LogP contribution >= 0.6 is 11.3 Å². The van der Waals surface area contributed by atoms with E-state index < -0.39 is 39.5 Å². The van der Waals surface area contributed by atoms with E-state index in [-0.39, 0.29) is 34.0 Å². The van der Waals surface area contributed by atoms with Crippen molar-refractivity contribution in [3.05, 3.63) is 47.6 Å². The molecule has 2 aliphatic rings. The maximum absolute atomic E-state index is 14.6. The Hall–Kier alpha value is -3.53. The van der Waals surface area contributed by atoms with E-state index in [1.54, 1.807) is 0 Å². The van der Waals surface area contributed by atoms with Crippen LogP contribution in [0.3, 0.4) is 0 Å². The molecule has 0 saturated carbocycles. The van der Waals surface area contributed by atoms with E-state index in [9.17, 15) is 27.5 Å². The summed E-state index contributed by atoms with van der Waals surface area (Å²) in [4.78, 5) is 31.8. The number of aliphatic carboxylic acids is 1. The number of benzene rings is 1. The van der Waals surface area contributed by atoms with Gasteiger partial charge >= 0.3 is 12.0 Å². The fourth-order valence-corrected chi connectivity index (χ4v) is 8.70. The summed E-state index contributed by atoms with van der Waals surface area (Å²) in [6.07, 6.45) is 2.54. The molecule has 1 N–H and O–H groups in total. The number of aromatic nitrogens is 1. The van der Waals surface area contributed by atoms with Crippen molar-refractivity contribution < 1.29 is 46.1 Å². The third kappa shape index (κ3) is 5.14. The Bertz CT molecular complexity index is 1600. The molecule has 3 aromatic rings. The summed E-state index contributed by atoms with van der Waals surface area (Å²) < 4.78 is 65.7. The molecule has 2 aromatic heterocycles. The van der Waals surface area contributed by atoms with Crippen LogP contribution in [0.15, 0.2) is 40.0 Å². The highest BCUT2D eigenvalue weighted by molar-refractivity contribution is 7.90. The van der Waals surface area contributed by atoms with Crippen LogP contribution in [0.2, 0.25) is 0 Å². The van der Waals surface area contributed by atoms with Crippen molar-refractivity contribution in [1.82, 2.24) is 9.29 Å². The van der Waals surface area contributed by atoms with Gasteiger partial charge in [0.2, 0.25) is 5.89 Å². The van der Waals surface area contributed by atoms with Crippen LogP contribution < -0.4 is 9.64 Å².